The second kappa shape index (κ2) is 25.6. The fraction of sp³-hybridized carbons (Fsp3) is 0.300. The largest absolute Gasteiger partial charge is 0.416 e. The van der Waals surface area contributed by atoms with Crippen molar-refractivity contribution in [3.63, 3.8) is 0 Å². The van der Waals surface area contributed by atoms with Crippen molar-refractivity contribution in [3.05, 3.63) is 179 Å². The zero-order valence-corrected chi connectivity index (χ0v) is 47.8. The number of benzene rings is 6. The van der Waals surface area contributed by atoms with Crippen molar-refractivity contribution in [2.75, 3.05) is 0 Å². The summed E-state index contributed by atoms with van der Waals surface area (Å²) >= 11 is 0. The minimum Gasteiger partial charge on any atom is -0.347 e. The molecule has 18 nitrogen and oxygen atoms in total. The number of amides is 3. The molecule has 0 unspecified atom stereocenters. The Morgan fingerprint density at radius 1 is 0.422 bits per heavy atom. The van der Waals surface area contributed by atoms with E-state index in [1.54, 1.807) is 74.5 Å². The molecule has 3 aromatic heterocycles. The first-order chi connectivity index (χ1) is 39.2. The molecule has 6 aromatic carbocycles. The molecule has 3 heterocycles. The van der Waals surface area contributed by atoms with Crippen LogP contribution in [0.1, 0.15) is 129 Å². The van der Waals surface area contributed by atoms with Crippen LogP contribution in [-0.2, 0) is 6.18 Å². The highest BCUT2D eigenvalue weighted by Crippen LogP contribution is 2.33. The fourth-order valence-electron chi connectivity index (χ4n) is 7.81. The van der Waals surface area contributed by atoms with Crippen LogP contribution in [0.2, 0.25) is 0 Å². The Morgan fingerprint density at radius 3 is 1.10 bits per heavy atom. The summed E-state index contributed by atoms with van der Waals surface area (Å²) < 4.78 is 70.6. The zero-order chi connectivity index (χ0) is 60.4. The van der Waals surface area contributed by atoms with Gasteiger partial charge in [-0.3, -0.25) is 14.4 Å². The number of rotatable bonds is 15. The molecule has 9 rings (SSSR count). The first-order valence-corrected chi connectivity index (χ1v) is 26.5. The molecular weight excluding hydrogens is 1070 g/mol. The molecule has 0 saturated carbocycles. The highest BCUT2D eigenvalue weighted by atomic mass is 19.4. The van der Waals surface area contributed by atoms with E-state index in [4.69, 9.17) is 0 Å². The summed E-state index contributed by atoms with van der Waals surface area (Å²) in [6.07, 6.45) is 2.21. The molecule has 432 valence electrons. The lowest BCUT2D eigenvalue weighted by Gasteiger charge is -2.24. The topological polar surface area (TPSA) is 218 Å². The zero-order valence-electron chi connectivity index (χ0n) is 47.8. The molecule has 0 fully saturated rings. The fourth-order valence-corrected chi connectivity index (χ4v) is 7.81. The summed E-state index contributed by atoms with van der Waals surface area (Å²) in [4.78, 5) is 38.4. The SMILES string of the molecule is CCC(C)(C)NC(=O)c1cc(-c2ccc(C(F)(F)F)cc2)cc(-n2cnnn2)c1.CCC(C)(C)NC(=O)c1cc(-c2ccc(C)c(F)c2)cc(-n2cnnn2)c1.CCC(C)(C)NC(=O)c1cc(-c2ccc(F)c(C)c2)cc(-n2cnnn2)c1. The molecule has 0 aliphatic carbocycles. The van der Waals surface area contributed by atoms with Crippen molar-refractivity contribution in [2.45, 2.75) is 118 Å². The van der Waals surface area contributed by atoms with Gasteiger partial charge in [0.1, 0.15) is 30.6 Å². The van der Waals surface area contributed by atoms with E-state index in [0.29, 0.717) is 67.1 Å². The maximum atomic E-state index is 14.0. The summed E-state index contributed by atoms with van der Waals surface area (Å²) in [7, 11) is 0. The summed E-state index contributed by atoms with van der Waals surface area (Å²) in [6, 6.07) is 30.3. The third-order valence-corrected chi connectivity index (χ3v) is 13.9. The first-order valence-electron chi connectivity index (χ1n) is 26.5. The number of aromatic nitrogens is 12. The number of carbonyl (C=O) groups excluding carboxylic acids is 3. The van der Waals surface area contributed by atoms with E-state index in [-0.39, 0.29) is 40.4 Å². The third kappa shape index (κ3) is 16.2. The van der Waals surface area contributed by atoms with Crippen LogP contribution >= 0.6 is 0 Å². The van der Waals surface area contributed by atoms with Gasteiger partial charge in [0.2, 0.25) is 0 Å². The van der Waals surface area contributed by atoms with Crippen molar-refractivity contribution in [2.24, 2.45) is 0 Å². The molecule has 9 aromatic rings. The summed E-state index contributed by atoms with van der Waals surface area (Å²) in [5, 5.41) is 42.4. The van der Waals surface area contributed by atoms with E-state index in [9.17, 15) is 36.3 Å². The number of tetrazole rings is 3. The Labute approximate surface area is 476 Å². The van der Waals surface area contributed by atoms with Gasteiger partial charge < -0.3 is 16.0 Å². The van der Waals surface area contributed by atoms with Gasteiger partial charge in [0.25, 0.3) is 17.7 Å². The number of carbonyl (C=O) groups is 3. The van der Waals surface area contributed by atoms with E-state index >= 15 is 0 Å². The molecule has 0 bridgehead atoms. The van der Waals surface area contributed by atoms with E-state index in [0.717, 1.165) is 42.5 Å². The van der Waals surface area contributed by atoms with Gasteiger partial charge in [-0.2, -0.15) is 13.2 Å². The number of alkyl halides is 3. The normalized spacial score (nSPS) is 11.7. The number of nitrogens with zero attached hydrogens (tertiary/aromatic N) is 12. The minimum absolute atomic E-state index is 0.183. The van der Waals surface area contributed by atoms with Crippen molar-refractivity contribution < 1.29 is 36.3 Å². The number of hydrogen-bond donors (Lipinski definition) is 3. The average Bonchev–Trinajstić information content (AvgIpc) is 4.49. The van der Waals surface area contributed by atoms with E-state index in [1.807, 2.05) is 80.5 Å². The van der Waals surface area contributed by atoms with Crippen LogP contribution in [0.5, 0.6) is 0 Å². The highest BCUT2D eigenvalue weighted by molar-refractivity contribution is 5.98. The minimum atomic E-state index is -4.41. The quantitative estimate of drug-likeness (QED) is 0.0817. The van der Waals surface area contributed by atoms with E-state index in [2.05, 4.69) is 62.5 Å². The molecule has 83 heavy (non-hydrogen) atoms. The summed E-state index contributed by atoms with van der Waals surface area (Å²) in [5.41, 5.74) is 6.50. The van der Waals surface area contributed by atoms with Gasteiger partial charge in [-0.25, -0.2) is 22.8 Å². The molecule has 3 amide bonds. The third-order valence-electron chi connectivity index (χ3n) is 13.9. The second-order valence-electron chi connectivity index (χ2n) is 21.6. The van der Waals surface area contributed by atoms with Crippen LogP contribution in [0.3, 0.4) is 0 Å². The number of hydrogen-bond acceptors (Lipinski definition) is 12. The summed E-state index contributed by atoms with van der Waals surface area (Å²) in [6.45, 7) is 21.1. The Morgan fingerprint density at radius 2 is 0.771 bits per heavy atom. The lowest BCUT2D eigenvalue weighted by molar-refractivity contribution is -0.137. The van der Waals surface area contributed by atoms with Crippen LogP contribution in [0.15, 0.2) is 134 Å². The maximum absolute atomic E-state index is 14.0. The van der Waals surface area contributed by atoms with Gasteiger partial charge in [-0.1, -0.05) is 51.1 Å². The van der Waals surface area contributed by atoms with Crippen LogP contribution in [0, 0.1) is 25.5 Å². The van der Waals surface area contributed by atoms with Crippen LogP contribution in [-0.4, -0.2) is 95.0 Å². The van der Waals surface area contributed by atoms with Gasteiger partial charge in [-0.15, -0.1) is 15.3 Å². The van der Waals surface area contributed by atoms with Gasteiger partial charge in [-0.05, 0) is 235 Å². The van der Waals surface area contributed by atoms with Crippen molar-refractivity contribution in [3.8, 4) is 50.4 Å². The van der Waals surface area contributed by atoms with Crippen LogP contribution in [0.4, 0.5) is 22.0 Å². The monoisotopic (exact) mass is 1140 g/mol. The summed E-state index contributed by atoms with van der Waals surface area (Å²) in [5.74, 6) is -1.24. The number of nitrogens with one attached hydrogen (secondary N) is 3. The van der Waals surface area contributed by atoms with E-state index in [1.165, 1.54) is 57.3 Å². The molecule has 0 saturated heterocycles. The van der Waals surface area contributed by atoms with Crippen molar-refractivity contribution in [1.82, 2.24) is 76.6 Å². The smallest absolute Gasteiger partial charge is 0.347 e. The van der Waals surface area contributed by atoms with Gasteiger partial charge in [0.15, 0.2) is 0 Å². The van der Waals surface area contributed by atoms with Crippen molar-refractivity contribution in [1.29, 1.82) is 0 Å². The predicted molar refractivity (Wildman–Crippen MR) is 304 cm³/mol. The standard InChI is InChI=1S/C20H20F3N5O.2C20H22FN5O/c1-4-19(2,3)25-18(29)15-9-14(10-17(11-15)28-12-24-26-27-28)13-5-7-16(8-6-13)20(21,22)23;1-5-20(3,4)23-19(27)16-9-15(14-6-7-18(21)13(2)8-14)10-17(11-16)26-12-22-24-25-26;1-5-20(3,4)23-19(27)16-8-15(14-7-6-13(2)18(21)11-14)9-17(10-16)26-12-22-24-25-26/h5-12H,4H2,1-3H3,(H,25,29);2*6-12H,5H2,1-4H3,(H,23,27). The molecule has 0 aliphatic heterocycles. The molecule has 23 heteroatoms. The molecule has 0 aliphatic rings. The molecule has 0 atom stereocenters. The Hall–Kier alpha value is -9.41. The second-order valence-corrected chi connectivity index (χ2v) is 21.6. The first kappa shape index (κ1) is 61.2. The lowest BCUT2D eigenvalue weighted by atomic mass is 9.98. The maximum Gasteiger partial charge on any atom is 0.416 e. The lowest BCUT2D eigenvalue weighted by Crippen LogP contribution is -2.42. The highest BCUT2D eigenvalue weighted by Gasteiger charge is 2.30. The van der Waals surface area contributed by atoms with E-state index < -0.39 is 17.3 Å². The number of halogens is 5. The Balaban J connectivity index is 0.000000179. The average molecular weight is 1140 g/mol. The molecular formula is C60H64F5N15O3. The van der Waals surface area contributed by atoms with Crippen LogP contribution < -0.4 is 16.0 Å². The molecule has 0 spiro atoms. The Kier molecular flexibility index (Phi) is 18.9. The predicted octanol–water partition coefficient (Wildman–Crippen LogP) is 11.7. The van der Waals surface area contributed by atoms with Crippen molar-refractivity contribution >= 4 is 17.7 Å². The molecule has 0 radical (unpaired) electrons. The van der Waals surface area contributed by atoms with Gasteiger partial charge >= 0.3 is 6.18 Å². The molecule has 3 N–H and O–H groups in total. The van der Waals surface area contributed by atoms with Gasteiger partial charge in [0.05, 0.1) is 22.6 Å². The number of aryl methyl sites for hydroxylation is 2. The van der Waals surface area contributed by atoms with Gasteiger partial charge in [0, 0.05) is 33.3 Å². The van der Waals surface area contributed by atoms with Crippen LogP contribution in [0.25, 0.3) is 50.4 Å². The Bertz CT molecular complexity index is 3540.